The van der Waals surface area contributed by atoms with Crippen molar-refractivity contribution >= 4 is 58.3 Å². The molecule has 3 rings (SSSR count). The molecule has 0 radical (unpaired) electrons. The monoisotopic (exact) mass is 546 g/mol. The first-order chi connectivity index (χ1) is 16.5. The van der Waals surface area contributed by atoms with Gasteiger partial charge >= 0.3 is 6.18 Å². The lowest BCUT2D eigenvalue weighted by molar-refractivity contribution is -0.275. The number of hydrazine groups is 1. The van der Waals surface area contributed by atoms with Crippen LogP contribution in [0.1, 0.15) is 24.5 Å². The molecule has 1 heterocycles. The van der Waals surface area contributed by atoms with E-state index in [2.05, 4.69) is 21.0 Å². The standard InChI is InChI=1S/C23H20Cl3F3N4O2/c1-13(4-3-7-30-2)21(34)32-31-19-8-14(5-6-18(19)26)20-12-22(35-33-20,23(27,28)29)15-9-16(24)11-17(25)10-15/h3-11,13,31H,12H2,1-2H3,(H,32,34)/b4-3-,30-7?. The molecule has 0 saturated carbocycles. The number of aliphatic imine (C=N–C) groups is 1. The highest BCUT2D eigenvalue weighted by atomic mass is 35.5. The fourth-order valence-electron chi connectivity index (χ4n) is 3.28. The lowest BCUT2D eigenvalue weighted by Gasteiger charge is -2.29. The maximum absolute atomic E-state index is 14.2. The van der Waals surface area contributed by atoms with Crippen LogP contribution >= 0.6 is 34.8 Å². The Morgan fingerprint density at radius 2 is 1.89 bits per heavy atom. The number of benzene rings is 2. The molecule has 2 aromatic carbocycles. The number of rotatable bonds is 7. The molecule has 0 saturated heterocycles. The topological polar surface area (TPSA) is 75.1 Å². The third-order valence-corrected chi connectivity index (χ3v) is 5.95. The van der Waals surface area contributed by atoms with Gasteiger partial charge in [0.15, 0.2) is 0 Å². The molecule has 0 spiro atoms. The molecule has 1 aliphatic heterocycles. The van der Waals surface area contributed by atoms with Crippen molar-refractivity contribution < 1.29 is 22.8 Å². The van der Waals surface area contributed by atoms with Gasteiger partial charge in [-0.15, -0.1) is 0 Å². The molecule has 0 bridgehead atoms. The second kappa shape index (κ2) is 10.9. The largest absolute Gasteiger partial charge is 0.435 e. The number of anilines is 1. The van der Waals surface area contributed by atoms with Crippen LogP contribution in [-0.2, 0) is 15.2 Å². The summed E-state index contributed by atoms with van der Waals surface area (Å²) < 4.78 is 42.6. The number of nitrogens with zero attached hydrogens (tertiary/aromatic N) is 2. The Labute approximate surface area is 214 Å². The number of amides is 1. The maximum atomic E-state index is 14.2. The lowest BCUT2D eigenvalue weighted by Crippen LogP contribution is -2.42. The molecular weight excluding hydrogens is 528 g/mol. The Hall–Kier alpha value is -2.75. The highest BCUT2D eigenvalue weighted by Gasteiger charge is 2.62. The average molecular weight is 548 g/mol. The summed E-state index contributed by atoms with van der Waals surface area (Å²) in [6, 6.07) is 8.06. The molecule has 0 fully saturated rings. The zero-order valence-corrected chi connectivity index (χ0v) is 20.7. The fraction of sp³-hybridized carbons (Fsp3) is 0.261. The van der Waals surface area contributed by atoms with Crippen LogP contribution in [0.25, 0.3) is 0 Å². The van der Waals surface area contributed by atoms with E-state index >= 15 is 0 Å². The molecule has 35 heavy (non-hydrogen) atoms. The first kappa shape index (κ1) is 26.8. The second-order valence-corrected chi connectivity index (χ2v) is 8.96. The summed E-state index contributed by atoms with van der Waals surface area (Å²) in [5.41, 5.74) is 2.79. The van der Waals surface area contributed by atoms with Gasteiger partial charge in [-0.25, -0.2) is 0 Å². The van der Waals surface area contributed by atoms with E-state index in [0.717, 1.165) is 12.1 Å². The number of allylic oxidation sites excluding steroid dienone is 1. The predicted octanol–water partition coefficient (Wildman–Crippen LogP) is 6.57. The van der Waals surface area contributed by atoms with Gasteiger partial charge in [0.1, 0.15) is 0 Å². The van der Waals surface area contributed by atoms with Crippen molar-refractivity contribution in [1.82, 2.24) is 5.43 Å². The minimum absolute atomic E-state index is 0.0274. The Balaban J connectivity index is 1.82. The Morgan fingerprint density at radius 1 is 1.20 bits per heavy atom. The predicted molar refractivity (Wildman–Crippen MR) is 132 cm³/mol. The smallest absolute Gasteiger partial charge is 0.374 e. The maximum Gasteiger partial charge on any atom is 0.435 e. The van der Waals surface area contributed by atoms with Gasteiger partial charge in [0.2, 0.25) is 5.91 Å². The summed E-state index contributed by atoms with van der Waals surface area (Å²) in [4.78, 5) is 21.1. The first-order valence-corrected chi connectivity index (χ1v) is 11.3. The van der Waals surface area contributed by atoms with E-state index in [1.807, 2.05) is 0 Å². The number of halogens is 6. The molecule has 2 atom stereocenters. The van der Waals surface area contributed by atoms with Crippen LogP contribution in [0.4, 0.5) is 18.9 Å². The Kier molecular flexibility index (Phi) is 8.35. The molecular formula is C23H20Cl3F3N4O2. The van der Waals surface area contributed by atoms with Crippen LogP contribution in [0.2, 0.25) is 15.1 Å². The molecule has 2 N–H and O–H groups in total. The molecule has 0 aromatic heterocycles. The number of alkyl halides is 3. The van der Waals surface area contributed by atoms with Crippen molar-refractivity contribution in [3.63, 3.8) is 0 Å². The number of carbonyl (C=O) groups excluding carboxylic acids is 1. The molecule has 6 nitrogen and oxygen atoms in total. The summed E-state index contributed by atoms with van der Waals surface area (Å²) in [5.74, 6) is -0.838. The van der Waals surface area contributed by atoms with Crippen LogP contribution in [0.15, 0.2) is 58.7 Å². The van der Waals surface area contributed by atoms with Crippen LogP contribution in [0, 0.1) is 5.92 Å². The van der Waals surface area contributed by atoms with Gasteiger partial charge in [-0.05, 0) is 36.4 Å². The van der Waals surface area contributed by atoms with Gasteiger partial charge in [-0.1, -0.05) is 59.0 Å². The highest BCUT2D eigenvalue weighted by Crippen LogP contribution is 2.49. The molecule has 0 aliphatic carbocycles. The fourth-order valence-corrected chi connectivity index (χ4v) is 3.97. The van der Waals surface area contributed by atoms with E-state index < -0.39 is 24.1 Å². The van der Waals surface area contributed by atoms with Crippen molar-refractivity contribution in [2.24, 2.45) is 16.1 Å². The van der Waals surface area contributed by atoms with Gasteiger partial charge < -0.3 is 4.84 Å². The molecule has 1 amide bonds. The number of hydrogen-bond acceptors (Lipinski definition) is 5. The van der Waals surface area contributed by atoms with Crippen LogP contribution < -0.4 is 10.9 Å². The summed E-state index contributed by atoms with van der Waals surface area (Å²) >= 11 is 18.1. The molecule has 186 valence electrons. The summed E-state index contributed by atoms with van der Waals surface area (Å²) in [5, 5.41) is 4.03. The Bertz CT molecular complexity index is 1180. The van der Waals surface area contributed by atoms with Gasteiger partial charge in [0.25, 0.3) is 5.60 Å². The normalized spacial score (nSPS) is 19.0. The number of carbonyl (C=O) groups is 1. The molecule has 1 aliphatic rings. The van der Waals surface area contributed by atoms with Crippen molar-refractivity contribution in [3.05, 3.63) is 74.7 Å². The SMILES string of the molecule is CN=C/C=C\C(C)C(=O)NNc1cc(C2=NOC(c3cc(Cl)cc(Cl)c3)(C(F)(F)F)C2)ccc1Cl. The van der Waals surface area contributed by atoms with Gasteiger partial charge in [0, 0.05) is 40.9 Å². The second-order valence-electron chi connectivity index (χ2n) is 7.68. The van der Waals surface area contributed by atoms with Gasteiger partial charge in [-0.2, -0.15) is 13.2 Å². The van der Waals surface area contributed by atoms with Crippen molar-refractivity contribution in [1.29, 1.82) is 0 Å². The molecule has 12 heteroatoms. The minimum Gasteiger partial charge on any atom is -0.374 e. The first-order valence-electron chi connectivity index (χ1n) is 10.2. The van der Waals surface area contributed by atoms with Crippen molar-refractivity contribution in [2.45, 2.75) is 25.1 Å². The van der Waals surface area contributed by atoms with E-state index in [-0.39, 0.29) is 37.9 Å². The van der Waals surface area contributed by atoms with Crippen molar-refractivity contribution in [2.75, 3.05) is 12.5 Å². The number of nitrogens with one attached hydrogen (secondary N) is 2. The zero-order valence-electron chi connectivity index (χ0n) is 18.5. The van der Waals surface area contributed by atoms with E-state index in [1.54, 1.807) is 32.3 Å². The minimum atomic E-state index is -4.82. The van der Waals surface area contributed by atoms with Gasteiger partial charge in [0.05, 0.1) is 22.3 Å². The van der Waals surface area contributed by atoms with E-state index in [4.69, 9.17) is 39.6 Å². The lowest BCUT2D eigenvalue weighted by atomic mass is 9.86. The summed E-state index contributed by atoms with van der Waals surface area (Å²) in [6.45, 7) is 1.68. The van der Waals surface area contributed by atoms with E-state index in [0.29, 0.717) is 5.56 Å². The molecule has 2 aromatic rings. The zero-order chi connectivity index (χ0) is 25.8. The van der Waals surface area contributed by atoms with Gasteiger partial charge in [-0.3, -0.25) is 20.6 Å². The summed E-state index contributed by atoms with van der Waals surface area (Å²) in [6.07, 6.45) is -0.622. The average Bonchev–Trinajstić information content (AvgIpc) is 3.25. The van der Waals surface area contributed by atoms with Crippen molar-refractivity contribution in [3.8, 4) is 0 Å². The summed E-state index contributed by atoms with van der Waals surface area (Å²) in [7, 11) is 1.61. The highest BCUT2D eigenvalue weighted by molar-refractivity contribution is 6.34. The van der Waals surface area contributed by atoms with E-state index in [1.165, 1.54) is 24.3 Å². The Morgan fingerprint density at radius 3 is 2.51 bits per heavy atom. The van der Waals surface area contributed by atoms with Crippen LogP contribution in [0.3, 0.4) is 0 Å². The van der Waals surface area contributed by atoms with E-state index in [9.17, 15) is 18.0 Å². The number of oxime groups is 1. The quantitative estimate of drug-likeness (QED) is 0.304. The van der Waals surface area contributed by atoms with Crippen LogP contribution in [-0.4, -0.2) is 31.1 Å². The third-order valence-electron chi connectivity index (χ3n) is 5.18. The third kappa shape index (κ3) is 6.09. The molecule has 2 unspecified atom stereocenters. The van der Waals surface area contributed by atoms with Crippen LogP contribution in [0.5, 0.6) is 0 Å². The number of hydrogen-bond donors (Lipinski definition) is 2.